The first-order chi connectivity index (χ1) is 11.1. The van der Waals surface area contributed by atoms with Gasteiger partial charge in [-0.1, -0.05) is 12.1 Å². The van der Waals surface area contributed by atoms with E-state index in [4.69, 9.17) is 4.42 Å². The number of nitro benzene ring substituents is 1. The van der Waals surface area contributed by atoms with Gasteiger partial charge in [-0.05, 0) is 23.8 Å². The normalized spacial score (nSPS) is 17.3. The van der Waals surface area contributed by atoms with Crippen molar-refractivity contribution < 1.29 is 14.3 Å². The van der Waals surface area contributed by atoms with Gasteiger partial charge in [-0.15, -0.1) is 11.8 Å². The van der Waals surface area contributed by atoms with Crippen molar-refractivity contribution in [2.24, 2.45) is 0 Å². The number of hydrogen-bond donors (Lipinski definition) is 0. The van der Waals surface area contributed by atoms with Crippen LogP contribution in [0.5, 0.6) is 0 Å². The number of nitro groups is 2. The van der Waals surface area contributed by atoms with Crippen molar-refractivity contribution in [1.29, 1.82) is 0 Å². The molecule has 0 aliphatic carbocycles. The third-order valence-corrected chi connectivity index (χ3v) is 4.64. The summed E-state index contributed by atoms with van der Waals surface area (Å²) < 4.78 is 5.33. The van der Waals surface area contributed by atoms with E-state index in [-0.39, 0.29) is 11.4 Å². The van der Waals surface area contributed by atoms with E-state index < -0.39 is 15.1 Å². The van der Waals surface area contributed by atoms with Crippen molar-refractivity contribution in [3.05, 3.63) is 92.1 Å². The fraction of sp³-hybridized carbons (Fsp3) is 0.0667. The minimum Gasteiger partial charge on any atom is -0.464 e. The van der Waals surface area contributed by atoms with Gasteiger partial charge in [-0.25, -0.2) is 0 Å². The van der Waals surface area contributed by atoms with Crippen molar-refractivity contribution in [3.63, 3.8) is 0 Å². The Hall–Kier alpha value is -2.87. The molecule has 2 heterocycles. The molecule has 1 aromatic carbocycles. The Kier molecular flexibility index (Phi) is 3.98. The molecule has 0 spiro atoms. The molecule has 0 radical (unpaired) electrons. The molecule has 0 bridgehead atoms. The number of non-ortho nitro benzene ring substituents is 1. The summed E-state index contributed by atoms with van der Waals surface area (Å²) >= 11 is 1.28. The van der Waals surface area contributed by atoms with Crippen LogP contribution in [-0.4, -0.2) is 9.85 Å². The van der Waals surface area contributed by atoms with E-state index >= 15 is 0 Å². The maximum atomic E-state index is 11.3. The summed E-state index contributed by atoms with van der Waals surface area (Å²) in [5, 5.41) is 21.4. The maximum Gasteiger partial charge on any atom is 0.269 e. The van der Waals surface area contributed by atoms with Crippen LogP contribution in [0.25, 0.3) is 4.91 Å². The number of rotatable bonds is 4. The van der Waals surface area contributed by atoms with E-state index in [2.05, 4.69) is 0 Å². The molecule has 23 heavy (non-hydrogen) atoms. The summed E-state index contributed by atoms with van der Waals surface area (Å²) in [5.41, 5.74) is 0.600. The number of hydrogen-bond acceptors (Lipinski definition) is 6. The second-order valence-corrected chi connectivity index (χ2v) is 5.85. The molecule has 7 nitrogen and oxygen atoms in total. The molecule has 0 saturated carbocycles. The van der Waals surface area contributed by atoms with Crippen molar-refractivity contribution in [1.82, 2.24) is 0 Å². The highest BCUT2D eigenvalue weighted by Gasteiger charge is 2.32. The molecular weight excluding hydrogens is 320 g/mol. The average molecular weight is 330 g/mol. The van der Waals surface area contributed by atoms with E-state index in [0.717, 1.165) is 4.91 Å². The third kappa shape index (κ3) is 3.02. The van der Waals surface area contributed by atoms with E-state index in [1.165, 1.54) is 48.4 Å². The Bertz CT molecular complexity index is 809. The van der Waals surface area contributed by atoms with Gasteiger partial charge in [0.1, 0.15) is 11.0 Å². The highest BCUT2D eigenvalue weighted by molar-refractivity contribution is 8.08. The monoisotopic (exact) mass is 330 g/mol. The molecule has 0 saturated heterocycles. The molecule has 0 fully saturated rings. The molecule has 1 unspecified atom stereocenters. The van der Waals surface area contributed by atoms with E-state index in [1.54, 1.807) is 18.2 Å². The van der Waals surface area contributed by atoms with Crippen molar-refractivity contribution in [3.8, 4) is 0 Å². The number of thioether (sulfide) groups is 1. The van der Waals surface area contributed by atoms with Gasteiger partial charge in [0.2, 0.25) is 0 Å². The molecular formula is C15H10N2O5S. The number of nitrogens with zero attached hydrogens (tertiary/aromatic N) is 2. The van der Waals surface area contributed by atoms with E-state index in [1.807, 2.05) is 0 Å². The number of allylic oxidation sites excluding steroid dienone is 2. The smallest absolute Gasteiger partial charge is 0.269 e. The molecule has 1 aliphatic heterocycles. The molecule has 8 heteroatoms. The van der Waals surface area contributed by atoms with Crippen molar-refractivity contribution in [2.45, 2.75) is 5.25 Å². The van der Waals surface area contributed by atoms with Gasteiger partial charge in [0.15, 0.2) is 0 Å². The van der Waals surface area contributed by atoms with Crippen LogP contribution < -0.4 is 0 Å². The number of benzene rings is 1. The molecule has 3 rings (SSSR count). The first kappa shape index (κ1) is 15.0. The predicted octanol–water partition coefficient (Wildman–Crippen LogP) is 4.18. The quantitative estimate of drug-likeness (QED) is 0.616. The lowest BCUT2D eigenvalue weighted by atomic mass is 10.1. The van der Waals surface area contributed by atoms with Crippen LogP contribution in [-0.2, 0) is 0 Å². The molecule has 1 aromatic heterocycles. The molecule has 0 amide bonds. The minimum atomic E-state index is -0.559. The zero-order chi connectivity index (χ0) is 16.4. The fourth-order valence-corrected chi connectivity index (χ4v) is 3.41. The summed E-state index contributed by atoms with van der Waals surface area (Å²) in [6.45, 7) is 0. The standard InChI is InChI=1S/C15H10N2O5S/c18-16(19)11-5-3-10(4-6-11)15-12(17(20)21)7-8-14(23-15)13-2-1-9-22-13/h1-9,15H. The number of furan rings is 1. The van der Waals surface area contributed by atoms with Crippen LogP contribution in [0, 0.1) is 20.2 Å². The van der Waals surface area contributed by atoms with Crippen LogP contribution in [0.4, 0.5) is 5.69 Å². The highest BCUT2D eigenvalue weighted by Crippen LogP contribution is 2.47. The lowest BCUT2D eigenvalue weighted by Crippen LogP contribution is -2.10. The Morgan fingerprint density at radius 3 is 2.30 bits per heavy atom. The fourth-order valence-electron chi connectivity index (χ4n) is 2.20. The Morgan fingerprint density at radius 2 is 1.74 bits per heavy atom. The van der Waals surface area contributed by atoms with Crippen molar-refractivity contribution >= 4 is 22.4 Å². The summed E-state index contributed by atoms with van der Waals surface area (Å²) in [4.78, 5) is 21.8. The molecule has 2 aromatic rings. The van der Waals surface area contributed by atoms with Gasteiger partial charge >= 0.3 is 0 Å². The largest absolute Gasteiger partial charge is 0.464 e. The summed E-state index contributed by atoms with van der Waals surface area (Å²) in [5.74, 6) is 0.626. The second kappa shape index (κ2) is 6.09. The molecule has 116 valence electrons. The van der Waals surface area contributed by atoms with Gasteiger partial charge < -0.3 is 4.42 Å². The van der Waals surface area contributed by atoms with Crippen LogP contribution in [0.15, 0.2) is 64.9 Å². The Labute approximate surface area is 134 Å². The second-order valence-electron chi connectivity index (χ2n) is 4.70. The molecule has 0 N–H and O–H groups in total. The Morgan fingerprint density at radius 1 is 1.00 bits per heavy atom. The summed E-state index contributed by atoms with van der Waals surface area (Å²) in [6.07, 6.45) is 4.62. The zero-order valence-corrected chi connectivity index (χ0v) is 12.4. The Balaban J connectivity index is 1.96. The zero-order valence-electron chi connectivity index (χ0n) is 11.6. The van der Waals surface area contributed by atoms with Gasteiger partial charge in [0.25, 0.3) is 11.4 Å². The topological polar surface area (TPSA) is 99.4 Å². The van der Waals surface area contributed by atoms with E-state index in [9.17, 15) is 20.2 Å². The summed E-state index contributed by atoms with van der Waals surface area (Å²) in [7, 11) is 0. The SMILES string of the molecule is O=[N+]([O-])C1=CC=C(c2ccco2)SC1c1ccc([N+](=O)[O-])cc1. The van der Waals surface area contributed by atoms with Gasteiger partial charge in [-0.2, -0.15) is 0 Å². The summed E-state index contributed by atoms with van der Waals surface area (Å²) in [6, 6.07) is 9.29. The minimum absolute atomic E-state index is 0.0270. The van der Waals surface area contributed by atoms with Crippen LogP contribution >= 0.6 is 11.8 Å². The molecule has 1 aliphatic rings. The average Bonchev–Trinajstić information content (AvgIpc) is 3.08. The highest BCUT2D eigenvalue weighted by atomic mass is 32.2. The van der Waals surface area contributed by atoms with Crippen molar-refractivity contribution in [2.75, 3.05) is 0 Å². The lowest BCUT2D eigenvalue weighted by molar-refractivity contribution is -0.427. The predicted molar refractivity (Wildman–Crippen MR) is 85.2 cm³/mol. The van der Waals surface area contributed by atoms with Gasteiger partial charge in [0.05, 0.1) is 21.0 Å². The third-order valence-electron chi connectivity index (χ3n) is 3.30. The van der Waals surface area contributed by atoms with Gasteiger partial charge in [0, 0.05) is 18.2 Å². The van der Waals surface area contributed by atoms with Crippen LogP contribution in [0.3, 0.4) is 0 Å². The lowest BCUT2D eigenvalue weighted by Gasteiger charge is -2.18. The van der Waals surface area contributed by atoms with E-state index in [0.29, 0.717) is 11.3 Å². The first-order valence-electron chi connectivity index (χ1n) is 6.57. The molecule has 1 atom stereocenters. The maximum absolute atomic E-state index is 11.3. The van der Waals surface area contributed by atoms with Crippen LogP contribution in [0.2, 0.25) is 0 Å². The van der Waals surface area contributed by atoms with Crippen LogP contribution in [0.1, 0.15) is 16.6 Å². The van der Waals surface area contributed by atoms with Gasteiger partial charge in [-0.3, -0.25) is 20.2 Å². The first-order valence-corrected chi connectivity index (χ1v) is 7.45.